The molecule has 7 heteroatoms. The van der Waals surface area contributed by atoms with Crippen molar-refractivity contribution >= 4 is 35.1 Å². The van der Waals surface area contributed by atoms with E-state index >= 15 is 0 Å². The first-order valence-corrected chi connectivity index (χ1v) is 9.40. The van der Waals surface area contributed by atoms with E-state index in [9.17, 15) is 14.4 Å². The van der Waals surface area contributed by atoms with Crippen molar-refractivity contribution in [1.29, 1.82) is 0 Å². The first kappa shape index (κ1) is 19.9. The maximum absolute atomic E-state index is 12.5. The van der Waals surface area contributed by atoms with E-state index in [2.05, 4.69) is 10.1 Å². The quantitative estimate of drug-likeness (QED) is 0.795. The number of hydrogen-bond acceptors (Lipinski definition) is 4. The minimum absolute atomic E-state index is 0.0473. The van der Waals surface area contributed by atoms with Crippen molar-refractivity contribution in [2.24, 2.45) is 5.92 Å². The van der Waals surface area contributed by atoms with Gasteiger partial charge in [0.1, 0.15) is 0 Å². The number of nitrogens with one attached hydrogen (secondary N) is 1. The fourth-order valence-corrected chi connectivity index (χ4v) is 3.30. The zero-order valence-corrected chi connectivity index (χ0v) is 16.2. The van der Waals surface area contributed by atoms with Crippen LogP contribution in [0.2, 0.25) is 5.02 Å². The van der Waals surface area contributed by atoms with E-state index in [-0.39, 0.29) is 17.7 Å². The molecule has 6 nitrogen and oxygen atoms in total. The maximum atomic E-state index is 12.5. The summed E-state index contributed by atoms with van der Waals surface area (Å²) in [5.74, 6) is -0.705. The maximum Gasteiger partial charge on any atom is 0.337 e. The van der Waals surface area contributed by atoms with Crippen LogP contribution < -0.4 is 5.32 Å². The molecule has 0 unspecified atom stereocenters. The summed E-state index contributed by atoms with van der Waals surface area (Å²) in [6, 6.07) is 13.4. The summed E-state index contributed by atoms with van der Waals surface area (Å²) in [6.07, 6.45) is 1.21. The lowest BCUT2D eigenvalue weighted by molar-refractivity contribution is -0.121. The Hall–Kier alpha value is -2.86. The predicted molar refractivity (Wildman–Crippen MR) is 106 cm³/mol. The van der Waals surface area contributed by atoms with Crippen molar-refractivity contribution in [3.63, 3.8) is 0 Å². The molecule has 146 valence electrons. The number of anilines is 1. The second kappa shape index (κ2) is 8.89. The Morgan fingerprint density at radius 2 is 1.54 bits per heavy atom. The number of halogens is 1. The molecule has 1 heterocycles. The van der Waals surface area contributed by atoms with Gasteiger partial charge in [0.25, 0.3) is 5.91 Å². The number of carbonyl (C=O) groups excluding carboxylic acids is 3. The van der Waals surface area contributed by atoms with Crippen LogP contribution in [0.1, 0.15) is 33.6 Å². The van der Waals surface area contributed by atoms with E-state index < -0.39 is 5.97 Å². The number of rotatable bonds is 4. The minimum atomic E-state index is -0.421. The number of methoxy groups -OCH3 is 1. The number of likely N-dealkylation sites (tertiary alicyclic amines) is 1. The van der Waals surface area contributed by atoms with E-state index in [1.807, 2.05) is 0 Å². The molecule has 0 aliphatic carbocycles. The summed E-state index contributed by atoms with van der Waals surface area (Å²) in [5, 5.41) is 3.46. The van der Waals surface area contributed by atoms with Gasteiger partial charge in [-0.1, -0.05) is 11.6 Å². The Morgan fingerprint density at radius 1 is 0.964 bits per heavy atom. The molecule has 2 amide bonds. The molecule has 1 N–H and O–H groups in total. The topological polar surface area (TPSA) is 75.7 Å². The average molecular weight is 401 g/mol. The molecule has 0 bridgehead atoms. The molecule has 0 atom stereocenters. The summed E-state index contributed by atoms with van der Waals surface area (Å²) in [7, 11) is 1.32. The number of amides is 2. The first-order valence-electron chi connectivity index (χ1n) is 9.02. The third-order valence-electron chi connectivity index (χ3n) is 4.82. The van der Waals surface area contributed by atoms with Gasteiger partial charge in [-0.15, -0.1) is 0 Å². The van der Waals surface area contributed by atoms with E-state index in [0.717, 1.165) is 0 Å². The summed E-state index contributed by atoms with van der Waals surface area (Å²) in [4.78, 5) is 38.3. The fraction of sp³-hybridized carbons (Fsp3) is 0.286. The van der Waals surface area contributed by atoms with Crippen LogP contribution in [0.25, 0.3) is 0 Å². The highest BCUT2D eigenvalue weighted by Crippen LogP contribution is 2.22. The number of piperidine rings is 1. The van der Waals surface area contributed by atoms with Crippen molar-refractivity contribution < 1.29 is 19.1 Å². The van der Waals surface area contributed by atoms with E-state index in [0.29, 0.717) is 47.8 Å². The third-order valence-corrected chi connectivity index (χ3v) is 5.07. The highest BCUT2D eigenvalue weighted by atomic mass is 35.5. The predicted octanol–water partition coefficient (Wildman–Crippen LogP) is 3.62. The lowest BCUT2D eigenvalue weighted by atomic mass is 9.95. The summed E-state index contributed by atoms with van der Waals surface area (Å²) in [5.41, 5.74) is 1.64. The highest BCUT2D eigenvalue weighted by molar-refractivity contribution is 6.30. The molecule has 3 rings (SSSR count). The van der Waals surface area contributed by atoms with Crippen LogP contribution in [0.4, 0.5) is 5.69 Å². The number of carbonyl (C=O) groups is 3. The Bertz CT molecular complexity index is 857. The standard InChI is InChI=1S/C21H21ClN2O4/c1-28-21(27)16-4-8-18(9-5-16)23-19(25)14-10-12-24(13-11-14)20(26)15-2-6-17(22)7-3-15/h2-9,14H,10-13H2,1H3,(H,23,25). The smallest absolute Gasteiger partial charge is 0.337 e. The SMILES string of the molecule is COC(=O)c1ccc(NC(=O)C2CCN(C(=O)c3ccc(Cl)cc3)CC2)cc1. The second-order valence-corrected chi connectivity index (χ2v) is 7.07. The third kappa shape index (κ3) is 4.70. The van der Waals surface area contributed by atoms with Gasteiger partial charge in [0.2, 0.25) is 5.91 Å². The van der Waals surface area contributed by atoms with Crippen molar-refractivity contribution in [3.05, 3.63) is 64.7 Å². The van der Waals surface area contributed by atoms with Crippen LogP contribution in [-0.2, 0) is 9.53 Å². The molecule has 28 heavy (non-hydrogen) atoms. The molecule has 0 radical (unpaired) electrons. The molecule has 0 saturated carbocycles. The van der Waals surface area contributed by atoms with Gasteiger partial charge < -0.3 is 15.0 Å². The number of hydrogen-bond donors (Lipinski definition) is 1. The summed E-state index contributed by atoms with van der Waals surface area (Å²) >= 11 is 5.86. The van der Waals surface area contributed by atoms with Crippen molar-refractivity contribution in [2.45, 2.75) is 12.8 Å². The van der Waals surface area contributed by atoms with Gasteiger partial charge in [-0.05, 0) is 61.4 Å². The molecule has 2 aromatic rings. The van der Waals surface area contributed by atoms with Crippen molar-refractivity contribution in [2.75, 3.05) is 25.5 Å². The number of ether oxygens (including phenoxy) is 1. The summed E-state index contributed by atoms with van der Waals surface area (Å²) in [6.45, 7) is 1.06. The van der Waals surface area contributed by atoms with Crippen LogP contribution in [0.15, 0.2) is 48.5 Å². The molecule has 1 aliphatic heterocycles. The van der Waals surface area contributed by atoms with Crippen LogP contribution in [0.3, 0.4) is 0 Å². The molecule has 0 spiro atoms. The Labute approximate surface area is 168 Å². The van der Waals surface area contributed by atoms with Gasteiger partial charge in [-0.2, -0.15) is 0 Å². The molecule has 0 aromatic heterocycles. The number of benzene rings is 2. The Balaban J connectivity index is 1.53. The molecular formula is C21H21ClN2O4. The fourth-order valence-electron chi connectivity index (χ4n) is 3.17. The van der Waals surface area contributed by atoms with Gasteiger partial charge >= 0.3 is 5.97 Å². The van der Waals surface area contributed by atoms with Gasteiger partial charge in [0.15, 0.2) is 0 Å². The van der Waals surface area contributed by atoms with E-state index in [1.54, 1.807) is 53.4 Å². The molecular weight excluding hydrogens is 380 g/mol. The average Bonchev–Trinajstić information content (AvgIpc) is 2.74. The van der Waals surface area contributed by atoms with Crippen LogP contribution in [0.5, 0.6) is 0 Å². The van der Waals surface area contributed by atoms with Gasteiger partial charge in [0, 0.05) is 35.3 Å². The minimum Gasteiger partial charge on any atom is -0.465 e. The van der Waals surface area contributed by atoms with E-state index in [1.165, 1.54) is 7.11 Å². The second-order valence-electron chi connectivity index (χ2n) is 6.63. The zero-order valence-electron chi connectivity index (χ0n) is 15.5. The first-order chi connectivity index (χ1) is 13.5. The van der Waals surface area contributed by atoms with Crippen LogP contribution in [-0.4, -0.2) is 42.9 Å². The summed E-state index contributed by atoms with van der Waals surface area (Å²) < 4.78 is 4.65. The molecule has 1 aliphatic rings. The van der Waals surface area contributed by atoms with Gasteiger partial charge in [-0.3, -0.25) is 9.59 Å². The van der Waals surface area contributed by atoms with Crippen molar-refractivity contribution in [1.82, 2.24) is 4.90 Å². The number of esters is 1. The largest absolute Gasteiger partial charge is 0.465 e. The van der Waals surface area contributed by atoms with E-state index in [4.69, 9.17) is 11.6 Å². The van der Waals surface area contributed by atoms with Crippen LogP contribution in [0, 0.1) is 5.92 Å². The lowest BCUT2D eigenvalue weighted by Crippen LogP contribution is -2.41. The van der Waals surface area contributed by atoms with Gasteiger partial charge in [-0.25, -0.2) is 4.79 Å². The molecule has 2 aromatic carbocycles. The van der Waals surface area contributed by atoms with Gasteiger partial charge in [0.05, 0.1) is 12.7 Å². The highest BCUT2D eigenvalue weighted by Gasteiger charge is 2.28. The zero-order chi connectivity index (χ0) is 20.1. The Kier molecular flexibility index (Phi) is 6.31. The lowest BCUT2D eigenvalue weighted by Gasteiger charge is -2.31. The van der Waals surface area contributed by atoms with Crippen molar-refractivity contribution in [3.8, 4) is 0 Å². The van der Waals surface area contributed by atoms with Crippen LogP contribution >= 0.6 is 11.6 Å². The Morgan fingerprint density at radius 3 is 2.11 bits per heavy atom. The molecule has 1 saturated heterocycles. The monoisotopic (exact) mass is 400 g/mol. The molecule has 1 fully saturated rings. The normalized spacial score (nSPS) is 14.4. The number of nitrogens with zero attached hydrogens (tertiary/aromatic N) is 1.